The second-order valence-corrected chi connectivity index (χ2v) is 10.6. The first kappa shape index (κ1) is 25.4. The molecule has 3 heterocycles. The summed E-state index contributed by atoms with van der Waals surface area (Å²) in [5.74, 6) is -2.74. The Morgan fingerprint density at radius 1 is 1.08 bits per heavy atom. The van der Waals surface area contributed by atoms with E-state index in [1.165, 1.54) is 0 Å². The topological polar surface area (TPSA) is 76.7 Å². The number of nitrogens with one attached hydrogen (secondary N) is 1. The number of imidazole rings is 1. The lowest BCUT2D eigenvalue weighted by Gasteiger charge is -2.32. The van der Waals surface area contributed by atoms with Crippen molar-refractivity contribution in [3.63, 3.8) is 0 Å². The van der Waals surface area contributed by atoms with E-state index < -0.39 is 49.3 Å². The lowest BCUT2D eigenvalue weighted by Crippen LogP contribution is -2.41. The number of H-pyrrole nitrogens is 1. The van der Waals surface area contributed by atoms with Crippen LogP contribution >= 0.6 is 0 Å². The molecule has 0 aliphatic carbocycles. The van der Waals surface area contributed by atoms with Crippen molar-refractivity contribution in [2.45, 2.75) is 63.9 Å². The molecule has 5 rings (SSSR count). The van der Waals surface area contributed by atoms with Gasteiger partial charge in [0, 0.05) is 6.42 Å². The highest BCUT2D eigenvalue weighted by molar-refractivity contribution is 6.62. The number of carbonyl (C=O) groups is 1. The fourth-order valence-electron chi connectivity index (χ4n) is 4.51. The fraction of sp³-hybridized carbons (Fsp3) is 0.407. The molecule has 0 bridgehead atoms. The number of aromatic amines is 1. The van der Waals surface area contributed by atoms with Gasteiger partial charge in [-0.05, 0) is 44.3 Å². The Bertz CT molecular complexity index is 1250. The molecule has 2 aromatic carbocycles. The Labute approximate surface area is 215 Å². The number of alkyl halides is 2. The Morgan fingerprint density at radius 2 is 1.73 bits per heavy atom. The number of benzene rings is 2. The van der Waals surface area contributed by atoms with Gasteiger partial charge in [0.25, 0.3) is 5.92 Å². The zero-order chi connectivity index (χ0) is 26.4. The average Bonchev–Trinajstić information content (AvgIpc) is 3.52. The van der Waals surface area contributed by atoms with Gasteiger partial charge in [-0.1, -0.05) is 54.6 Å². The summed E-state index contributed by atoms with van der Waals surface area (Å²) < 4.78 is 46.3. The summed E-state index contributed by atoms with van der Waals surface area (Å²) in [4.78, 5) is 21.2. The molecule has 2 aliphatic rings. The summed E-state index contributed by atoms with van der Waals surface area (Å²) in [5.41, 5.74) is 2.26. The molecule has 10 heteroatoms. The van der Waals surface area contributed by atoms with Gasteiger partial charge in [0.1, 0.15) is 12.4 Å². The normalized spacial score (nSPS) is 21.8. The molecule has 1 unspecified atom stereocenters. The first-order valence-corrected chi connectivity index (χ1v) is 12.3. The first-order chi connectivity index (χ1) is 17.4. The highest BCUT2D eigenvalue weighted by atomic mass is 19.3. The number of carbonyl (C=O) groups excluding carboxylic acids is 1. The van der Waals surface area contributed by atoms with E-state index in [1.54, 1.807) is 18.3 Å². The number of rotatable bonds is 5. The summed E-state index contributed by atoms with van der Waals surface area (Å²) in [7, 11) is -0.479. The molecule has 7 nitrogen and oxygen atoms in total. The van der Waals surface area contributed by atoms with Gasteiger partial charge >= 0.3 is 13.2 Å². The van der Waals surface area contributed by atoms with E-state index in [4.69, 9.17) is 14.0 Å². The van der Waals surface area contributed by atoms with Gasteiger partial charge in [0.2, 0.25) is 0 Å². The largest absolute Gasteiger partial charge is 0.494 e. The van der Waals surface area contributed by atoms with Crippen molar-refractivity contribution in [1.82, 2.24) is 14.9 Å². The van der Waals surface area contributed by atoms with Crippen LogP contribution in [0, 0.1) is 0 Å². The molecule has 2 saturated heterocycles. The number of ether oxygens (including phenoxy) is 1. The van der Waals surface area contributed by atoms with Crippen molar-refractivity contribution in [1.29, 1.82) is 0 Å². The third kappa shape index (κ3) is 5.13. The lowest BCUT2D eigenvalue weighted by molar-refractivity contribution is 0.00578. The Hall–Kier alpha value is -3.24. The van der Waals surface area contributed by atoms with E-state index in [2.05, 4.69) is 9.97 Å². The zero-order valence-electron chi connectivity index (χ0n) is 21.3. The highest BCUT2D eigenvalue weighted by Gasteiger charge is 2.52. The molecule has 1 amide bonds. The minimum Gasteiger partial charge on any atom is -0.445 e. The molecule has 1 N–H and O–H groups in total. The minimum atomic E-state index is -3.03. The van der Waals surface area contributed by atoms with Crippen LogP contribution in [0.1, 0.15) is 51.5 Å². The minimum absolute atomic E-state index is 0.00695. The van der Waals surface area contributed by atoms with Crippen molar-refractivity contribution >= 4 is 18.7 Å². The maximum absolute atomic E-state index is 14.4. The zero-order valence-corrected chi connectivity index (χ0v) is 21.3. The maximum atomic E-state index is 14.4. The molecule has 0 spiro atoms. The molecule has 0 saturated carbocycles. The summed E-state index contributed by atoms with van der Waals surface area (Å²) >= 11 is 0. The van der Waals surface area contributed by atoms with Gasteiger partial charge < -0.3 is 19.0 Å². The molecule has 1 atom stereocenters. The van der Waals surface area contributed by atoms with E-state index in [0.717, 1.165) is 21.5 Å². The third-order valence-corrected chi connectivity index (χ3v) is 7.37. The Balaban J connectivity index is 1.29. The number of amides is 1. The Kier molecular flexibility index (Phi) is 6.36. The monoisotopic (exact) mass is 509 g/mol. The standard InChI is InChI=1S/C27H30BF2N3O4/c1-25(2)26(3,4)37-28(36-25)20-12-10-19(11-13-20)21-15-31-23(32-21)22-14-27(29,30)17-33(22)24(34)35-16-18-8-6-5-7-9-18/h5-13,15,22H,14,16-17H2,1-4H3,(H,31,32). The van der Waals surface area contributed by atoms with E-state index >= 15 is 0 Å². The van der Waals surface area contributed by atoms with E-state index in [0.29, 0.717) is 11.5 Å². The fourth-order valence-corrected chi connectivity index (χ4v) is 4.51. The summed E-state index contributed by atoms with van der Waals surface area (Å²) in [6.07, 6.45) is 0.264. The van der Waals surface area contributed by atoms with E-state index in [-0.39, 0.29) is 6.61 Å². The Morgan fingerprint density at radius 3 is 2.38 bits per heavy atom. The number of nitrogens with zero attached hydrogens (tertiary/aromatic N) is 2. The summed E-state index contributed by atoms with van der Waals surface area (Å²) in [6.45, 7) is 7.29. The van der Waals surface area contributed by atoms with Crippen LogP contribution in [0.4, 0.5) is 13.6 Å². The molecule has 0 radical (unpaired) electrons. The molecule has 194 valence electrons. The molecule has 3 aromatic rings. The van der Waals surface area contributed by atoms with Crippen LogP contribution in [0.15, 0.2) is 60.8 Å². The summed E-state index contributed by atoms with van der Waals surface area (Å²) in [5, 5.41) is 0. The number of hydrogen-bond acceptors (Lipinski definition) is 5. The predicted octanol–water partition coefficient (Wildman–Crippen LogP) is 5.09. The molecule has 2 aliphatic heterocycles. The molecule has 37 heavy (non-hydrogen) atoms. The van der Waals surface area contributed by atoms with Gasteiger partial charge in [-0.3, -0.25) is 4.90 Å². The first-order valence-electron chi connectivity index (χ1n) is 12.3. The lowest BCUT2D eigenvalue weighted by atomic mass is 9.79. The van der Waals surface area contributed by atoms with Crippen molar-refractivity contribution in [3.05, 3.63) is 72.2 Å². The number of aromatic nitrogens is 2. The van der Waals surface area contributed by atoms with Crippen LogP contribution in [-0.2, 0) is 20.7 Å². The average molecular weight is 509 g/mol. The second kappa shape index (κ2) is 9.26. The highest BCUT2D eigenvalue weighted by Crippen LogP contribution is 2.41. The van der Waals surface area contributed by atoms with Gasteiger partial charge in [0.05, 0.1) is 35.7 Å². The smallest absolute Gasteiger partial charge is 0.445 e. The quantitative estimate of drug-likeness (QED) is 0.485. The van der Waals surface area contributed by atoms with E-state index in [1.807, 2.05) is 70.2 Å². The number of likely N-dealkylation sites (tertiary alicyclic amines) is 1. The molecular formula is C27H30BF2N3O4. The van der Waals surface area contributed by atoms with Gasteiger partial charge in [-0.15, -0.1) is 0 Å². The predicted molar refractivity (Wildman–Crippen MR) is 135 cm³/mol. The van der Waals surface area contributed by atoms with Gasteiger partial charge in [-0.25, -0.2) is 18.6 Å². The van der Waals surface area contributed by atoms with Gasteiger partial charge in [-0.2, -0.15) is 0 Å². The van der Waals surface area contributed by atoms with E-state index in [9.17, 15) is 13.6 Å². The van der Waals surface area contributed by atoms with Crippen molar-refractivity contribution in [3.8, 4) is 11.3 Å². The van der Waals surface area contributed by atoms with Crippen LogP contribution in [0.3, 0.4) is 0 Å². The van der Waals surface area contributed by atoms with Crippen LogP contribution in [0.25, 0.3) is 11.3 Å². The second-order valence-electron chi connectivity index (χ2n) is 10.6. The van der Waals surface area contributed by atoms with Crippen molar-refractivity contribution in [2.75, 3.05) is 6.54 Å². The molecule has 2 fully saturated rings. The van der Waals surface area contributed by atoms with Crippen LogP contribution in [-0.4, -0.2) is 51.7 Å². The number of halogens is 2. The van der Waals surface area contributed by atoms with Crippen LogP contribution in [0.5, 0.6) is 0 Å². The van der Waals surface area contributed by atoms with Crippen molar-refractivity contribution in [2.24, 2.45) is 0 Å². The molecular weight excluding hydrogens is 479 g/mol. The number of hydrogen-bond donors (Lipinski definition) is 1. The summed E-state index contributed by atoms with van der Waals surface area (Å²) in [6, 6.07) is 15.8. The molecule has 1 aromatic heterocycles. The van der Waals surface area contributed by atoms with Crippen molar-refractivity contribution < 1.29 is 27.6 Å². The third-order valence-electron chi connectivity index (χ3n) is 7.37. The van der Waals surface area contributed by atoms with Gasteiger partial charge in [0.15, 0.2) is 0 Å². The maximum Gasteiger partial charge on any atom is 0.494 e. The van der Waals surface area contributed by atoms with Crippen LogP contribution < -0.4 is 5.46 Å². The SMILES string of the molecule is CC1(C)OB(c2ccc(-c3cnc(C4CC(F)(F)CN4C(=O)OCc4ccccc4)[nH]3)cc2)OC1(C)C. The van der Waals surface area contributed by atoms with Crippen LogP contribution in [0.2, 0.25) is 0 Å².